The van der Waals surface area contributed by atoms with E-state index in [-0.39, 0.29) is 5.82 Å². The van der Waals surface area contributed by atoms with Gasteiger partial charge in [0.25, 0.3) is 0 Å². The maximum absolute atomic E-state index is 15.1. The normalized spacial score (nSPS) is 18.0. The van der Waals surface area contributed by atoms with Crippen molar-refractivity contribution in [3.63, 3.8) is 0 Å². The fourth-order valence-corrected chi connectivity index (χ4v) is 4.90. The summed E-state index contributed by atoms with van der Waals surface area (Å²) in [5, 5.41) is 10.5. The van der Waals surface area contributed by atoms with Crippen molar-refractivity contribution < 1.29 is 4.39 Å². The van der Waals surface area contributed by atoms with Crippen LogP contribution in [0, 0.1) is 34.9 Å². The van der Waals surface area contributed by atoms with Crippen molar-refractivity contribution in [2.75, 3.05) is 0 Å². The summed E-state index contributed by atoms with van der Waals surface area (Å²) in [7, 11) is 0. The fraction of sp³-hybridized carbons (Fsp3) is 0.367. The number of nitriles is 1. The lowest BCUT2D eigenvalue weighted by atomic mass is 9.77. The summed E-state index contributed by atoms with van der Waals surface area (Å²) in [5.41, 5.74) is 3.11. The van der Waals surface area contributed by atoms with Crippen LogP contribution in [0.1, 0.15) is 86.5 Å². The van der Waals surface area contributed by atoms with Gasteiger partial charge in [-0.25, -0.2) is 4.39 Å². The quantitative estimate of drug-likeness (QED) is 0.300. The van der Waals surface area contributed by atoms with Crippen molar-refractivity contribution in [3.8, 4) is 17.9 Å². The molecule has 1 aliphatic carbocycles. The van der Waals surface area contributed by atoms with E-state index in [0.29, 0.717) is 22.4 Å². The summed E-state index contributed by atoms with van der Waals surface area (Å²) >= 11 is 0. The maximum atomic E-state index is 15.1. The molecule has 32 heavy (non-hydrogen) atoms. The van der Waals surface area contributed by atoms with E-state index in [1.54, 1.807) is 30.3 Å². The van der Waals surface area contributed by atoms with Crippen LogP contribution < -0.4 is 0 Å². The van der Waals surface area contributed by atoms with E-state index >= 15 is 4.39 Å². The average Bonchev–Trinajstić information content (AvgIpc) is 2.84. The molecule has 1 fully saturated rings. The molecule has 0 aliphatic heterocycles. The Bertz CT molecular complexity index is 1170. The molecule has 162 valence electrons. The van der Waals surface area contributed by atoms with Gasteiger partial charge in [0, 0.05) is 10.9 Å². The second kappa shape index (κ2) is 10.5. The fourth-order valence-electron chi connectivity index (χ4n) is 4.90. The number of hydrogen-bond donors (Lipinski definition) is 0. The number of halogens is 1. The van der Waals surface area contributed by atoms with Gasteiger partial charge in [-0.3, -0.25) is 0 Å². The Morgan fingerprint density at radius 1 is 0.875 bits per heavy atom. The number of unbranched alkanes of at least 4 members (excludes halogenated alkanes) is 2. The molecule has 0 N–H and O–H groups in total. The van der Waals surface area contributed by atoms with Gasteiger partial charge in [0.05, 0.1) is 17.2 Å². The molecule has 0 heterocycles. The molecule has 0 saturated heterocycles. The minimum Gasteiger partial charge on any atom is -0.205 e. The number of rotatable bonds is 5. The van der Waals surface area contributed by atoms with Crippen LogP contribution in [0.25, 0.3) is 10.8 Å². The molecule has 2 heteroatoms. The standard InChI is InChI=1S/C30H30FN/c1-2-3-4-5-22-10-13-25(14-11-22)27-18-19-29-28(20-27)17-16-26(30(29)31)15-12-23-6-8-24(21-32)9-7-23/h6-9,16-20,22,25H,2-5,10-11,13-14H2,1H3. The molecule has 3 aromatic carbocycles. The summed E-state index contributed by atoms with van der Waals surface area (Å²) in [6.07, 6.45) is 10.6. The summed E-state index contributed by atoms with van der Waals surface area (Å²) in [4.78, 5) is 0. The van der Waals surface area contributed by atoms with E-state index in [0.717, 1.165) is 16.9 Å². The highest BCUT2D eigenvalue weighted by Crippen LogP contribution is 2.38. The molecule has 0 unspecified atom stereocenters. The van der Waals surface area contributed by atoms with Gasteiger partial charge in [-0.15, -0.1) is 0 Å². The predicted octanol–water partition coefficient (Wildman–Crippen LogP) is 8.10. The van der Waals surface area contributed by atoms with Gasteiger partial charge in [0.2, 0.25) is 0 Å². The Kier molecular flexibility index (Phi) is 7.24. The van der Waals surface area contributed by atoms with Crippen molar-refractivity contribution in [3.05, 3.63) is 82.7 Å². The zero-order valence-electron chi connectivity index (χ0n) is 18.8. The van der Waals surface area contributed by atoms with Gasteiger partial charge in [-0.2, -0.15) is 5.26 Å². The highest BCUT2D eigenvalue weighted by atomic mass is 19.1. The number of fused-ring (bicyclic) bond motifs is 1. The molecule has 1 nitrogen and oxygen atoms in total. The molecular weight excluding hydrogens is 393 g/mol. The van der Waals surface area contributed by atoms with Crippen LogP contribution in [0.4, 0.5) is 4.39 Å². The molecule has 1 aliphatic rings. The first kappa shape index (κ1) is 22.1. The highest BCUT2D eigenvalue weighted by Gasteiger charge is 2.22. The van der Waals surface area contributed by atoms with Crippen molar-refractivity contribution in [2.24, 2.45) is 5.92 Å². The zero-order valence-corrected chi connectivity index (χ0v) is 18.8. The van der Waals surface area contributed by atoms with E-state index in [4.69, 9.17) is 5.26 Å². The number of nitrogens with zero attached hydrogens (tertiary/aromatic N) is 1. The molecule has 4 rings (SSSR count). The highest BCUT2D eigenvalue weighted by molar-refractivity contribution is 5.85. The first-order valence-corrected chi connectivity index (χ1v) is 11.9. The average molecular weight is 424 g/mol. The van der Waals surface area contributed by atoms with Crippen molar-refractivity contribution in [1.29, 1.82) is 5.26 Å². The lowest BCUT2D eigenvalue weighted by Gasteiger charge is -2.29. The van der Waals surface area contributed by atoms with Crippen LogP contribution in [0.2, 0.25) is 0 Å². The van der Waals surface area contributed by atoms with Crippen LogP contribution in [0.5, 0.6) is 0 Å². The van der Waals surface area contributed by atoms with E-state index in [1.807, 2.05) is 12.1 Å². The molecule has 0 bridgehead atoms. The van der Waals surface area contributed by atoms with Gasteiger partial charge < -0.3 is 0 Å². The Hall–Kier alpha value is -3.10. The van der Waals surface area contributed by atoms with Gasteiger partial charge in [0.1, 0.15) is 5.82 Å². The summed E-state index contributed by atoms with van der Waals surface area (Å²) in [6.45, 7) is 2.27. The Morgan fingerprint density at radius 2 is 1.62 bits per heavy atom. The lowest BCUT2D eigenvalue weighted by molar-refractivity contribution is 0.303. The lowest BCUT2D eigenvalue weighted by Crippen LogP contribution is -2.13. The van der Waals surface area contributed by atoms with Crippen LogP contribution in [-0.2, 0) is 0 Å². The van der Waals surface area contributed by atoms with E-state index in [2.05, 4.69) is 37.0 Å². The van der Waals surface area contributed by atoms with Crippen LogP contribution >= 0.6 is 0 Å². The van der Waals surface area contributed by atoms with Crippen LogP contribution in [0.15, 0.2) is 54.6 Å². The third-order valence-electron chi connectivity index (χ3n) is 6.87. The third-order valence-corrected chi connectivity index (χ3v) is 6.87. The molecule has 0 spiro atoms. The van der Waals surface area contributed by atoms with Crippen molar-refractivity contribution >= 4 is 10.8 Å². The Balaban J connectivity index is 1.47. The van der Waals surface area contributed by atoms with E-state index in [9.17, 15) is 0 Å². The minimum absolute atomic E-state index is 0.255. The SMILES string of the molecule is CCCCCC1CCC(c2ccc3c(F)c(C#Cc4ccc(C#N)cc4)ccc3c2)CC1. The molecule has 0 amide bonds. The van der Waals surface area contributed by atoms with Crippen LogP contribution in [0.3, 0.4) is 0 Å². The molecule has 1 saturated carbocycles. The largest absolute Gasteiger partial charge is 0.205 e. The second-order valence-corrected chi connectivity index (χ2v) is 9.06. The topological polar surface area (TPSA) is 23.8 Å². The molecule has 0 radical (unpaired) electrons. The van der Waals surface area contributed by atoms with Gasteiger partial charge in [-0.1, -0.05) is 68.7 Å². The molecular formula is C30H30FN. The minimum atomic E-state index is -0.255. The predicted molar refractivity (Wildman–Crippen MR) is 130 cm³/mol. The maximum Gasteiger partial charge on any atom is 0.146 e. The van der Waals surface area contributed by atoms with Crippen LogP contribution in [-0.4, -0.2) is 0 Å². The Labute approximate surface area is 191 Å². The molecule has 3 aromatic rings. The smallest absolute Gasteiger partial charge is 0.146 e. The van der Waals surface area contributed by atoms with Gasteiger partial charge in [-0.05, 0) is 78.8 Å². The monoisotopic (exact) mass is 423 g/mol. The van der Waals surface area contributed by atoms with Gasteiger partial charge >= 0.3 is 0 Å². The van der Waals surface area contributed by atoms with Crippen molar-refractivity contribution in [2.45, 2.75) is 64.2 Å². The molecule has 0 atom stereocenters. The summed E-state index contributed by atoms with van der Waals surface area (Å²) < 4.78 is 15.1. The zero-order chi connectivity index (χ0) is 22.3. The summed E-state index contributed by atoms with van der Waals surface area (Å²) in [5.74, 6) is 7.20. The summed E-state index contributed by atoms with van der Waals surface area (Å²) in [6, 6.07) is 19.1. The second-order valence-electron chi connectivity index (χ2n) is 9.06. The third kappa shape index (κ3) is 5.20. The van der Waals surface area contributed by atoms with E-state index < -0.39 is 0 Å². The number of hydrogen-bond acceptors (Lipinski definition) is 1. The first-order valence-electron chi connectivity index (χ1n) is 11.9. The molecule has 0 aromatic heterocycles. The van der Waals surface area contributed by atoms with Gasteiger partial charge in [0.15, 0.2) is 0 Å². The van der Waals surface area contributed by atoms with Crippen molar-refractivity contribution in [1.82, 2.24) is 0 Å². The first-order chi connectivity index (χ1) is 15.7. The Morgan fingerprint density at radius 3 is 2.34 bits per heavy atom. The van der Waals surface area contributed by atoms with E-state index in [1.165, 1.54) is 56.9 Å². The number of benzene rings is 3.